The lowest BCUT2D eigenvalue weighted by Gasteiger charge is -2.09. The van der Waals surface area contributed by atoms with Crippen molar-refractivity contribution in [2.24, 2.45) is 5.73 Å². The predicted octanol–water partition coefficient (Wildman–Crippen LogP) is 2.84. The molecule has 2 heterocycles. The van der Waals surface area contributed by atoms with Gasteiger partial charge >= 0.3 is 5.69 Å². The second-order valence-electron chi connectivity index (χ2n) is 5.67. The highest BCUT2D eigenvalue weighted by atomic mass is 32.1. The van der Waals surface area contributed by atoms with Gasteiger partial charge < -0.3 is 15.7 Å². The first-order valence-electron chi connectivity index (χ1n) is 7.30. The number of H-pyrrole nitrogens is 2. The van der Waals surface area contributed by atoms with E-state index in [1.165, 1.54) is 41.0 Å². The Morgan fingerprint density at radius 2 is 1.90 bits per heavy atom. The second-order valence-corrected chi connectivity index (χ2v) is 6.83. The molecule has 4 N–H and O–H groups in total. The van der Waals surface area contributed by atoms with Crippen LogP contribution in [0.1, 0.15) is 39.8 Å². The molecule has 4 rings (SSSR count). The predicted molar refractivity (Wildman–Crippen MR) is 85.9 cm³/mol. The van der Waals surface area contributed by atoms with Gasteiger partial charge in [0.05, 0.1) is 17.1 Å². The number of imidazole rings is 1. The monoisotopic (exact) mass is 299 g/mol. The third-order valence-electron chi connectivity index (χ3n) is 4.22. The van der Waals surface area contributed by atoms with Crippen LogP contribution in [0.4, 0.5) is 0 Å². The van der Waals surface area contributed by atoms with Crippen molar-refractivity contribution in [3.8, 4) is 0 Å². The number of rotatable bonds is 2. The minimum atomic E-state index is -0.178. The molecule has 0 saturated heterocycles. The van der Waals surface area contributed by atoms with Gasteiger partial charge in [-0.15, -0.1) is 11.3 Å². The van der Waals surface area contributed by atoms with E-state index in [1.54, 1.807) is 0 Å². The third-order valence-corrected chi connectivity index (χ3v) is 5.54. The summed E-state index contributed by atoms with van der Waals surface area (Å²) in [4.78, 5) is 19.6. The van der Waals surface area contributed by atoms with Crippen LogP contribution in [0.25, 0.3) is 11.0 Å². The molecule has 0 amide bonds. The highest BCUT2D eigenvalue weighted by Crippen LogP contribution is 2.34. The largest absolute Gasteiger partial charge is 0.323 e. The van der Waals surface area contributed by atoms with Crippen molar-refractivity contribution in [1.82, 2.24) is 9.97 Å². The molecule has 1 aliphatic carbocycles. The first-order valence-corrected chi connectivity index (χ1v) is 8.11. The lowest BCUT2D eigenvalue weighted by Crippen LogP contribution is -2.10. The summed E-state index contributed by atoms with van der Waals surface area (Å²) in [6.45, 7) is 0. The summed E-state index contributed by atoms with van der Waals surface area (Å²) < 4.78 is 0. The highest BCUT2D eigenvalue weighted by molar-refractivity contribution is 7.12. The molecule has 3 aromatic rings. The Labute approximate surface area is 126 Å². The van der Waals surface area contributed by atoms with Crippen LogP contribution < -0.4 is 11.4 Å². The Kier molecular flexibility index (Phi) is 2.97. The Hall–Kier alpha value is -1.85. The van der Waals surface area contributed by atoms with Crippen LogP contribution in [-0.2, 0) is 12.8 Å². The zero-order valence-corrected chi connectivity index (χ0v) is 12.4. The van der Waals surface area contributed by atoms with Crippen LogP contribution in [0.2, 0.25) is 0 Å². The minimum absolute atomic E-state index is 0.122. The lowest BCUT2D eigenvalue weighted by atomic mass is 9.98. The van der Waals surface area contributed by atoms with Gasteiger partial charge in [0, 0.05) is 9.75 Å². The zero-order chi connectivity index (χ0) is 14.4. The first kappa shape index (κ1) is 12.9. The maximum Gasteiger partial charge on any atom is 0.323 e. The molecule has 1 atom stereocenters. The molecule has 0 saturated carbocycles. The number of aromatic nitrogens is 2. The van der Waals surface area contributed by atoms with Gasteiger partial charge in [-0.1, -0.05) is 6.07 Å². The number of benzene rings is 1. The smallest absolute Gasteiger partial charge is 0.320 e. The van der Waals surface area contributed by atoms with Crippen molar-refractivity contribution in [3.63, 3.8) is 0 Å². The van der Waals surface area contributed by atoms with Gasteiger partial charge in [-0.3, -0.25) is 0 Å². The van der Waals surface area contributed by atoms with Crippen molar-refractivity contribution in [2.45, 2.75) is 31.7 Å². The Morgan fingerprint density at radius 1 is 1.10 bits per heavy atom. The van der Waals surface area contributed by atoms with Gasteiger partial charge in [0.2, 0.25) is 0 Å². The van der Waals surface area contributed by atoms with Gasteiger partial charge in [0.25, 0.3) is 0 Å². The molecule has 0 spiro atoms. The van der Waals surface area contributed by atoms with Crippen LogP contribution in [-0.4, -0.2) is 9.97 Å². The van der Waals surface area contributed by atoms with Crippen molar-refractivity contribution in [1.29, 1.82) is 0 Å². The molecule has 0 radical (unpaired) electrons. The average Bonchev–Trinajstić information content (AvgIpc) is 3.07. The van der Waals surface area contributed by atoms with Crippen molar-refractivity contribution < 1.29 is 0 Å². The standard InChI is InChI=1S/C16H17N3OS/c17-15(14-8-9-3-1-2-4-13(9)21-14)10-5-6-11-12(7-10)19-16(20)18-11/h5-8,15H,1-4,17H2,(H2,18,19,20). The molecule has 0 aliphatic heterocycles. The normalized spacial score (nSPS) is 16.0. The number of thiophene rings is 1. The maximum atomic E-state index is 11.3. The van der Waals surface area contributed by atoms with Gasteiger partial charge in [0.1, 0.15) is 0 Å². The number of aryl methyl sites for hydroxylation is 2. The van der Waals surface area contributed by atoms with E-state index in [4.69, 9.17) is 5.73 Å². The molecule has 1 aliphatic rings. The van der Waals surface area contributed by atoms with Gasteiger partial charge in [-0.2, -0.15) is 0 Å². The van der Waals surface area contributed by atoms with E-state index in [2.05, 4.69) is 16.0 Å². The molecule has 0 fully saturated rings. The fourth-order valence-corrected chi connectivity index (χ4v) is 4.36. The van der Waals surface area contributed by atoms with E-state index in [0.717, 1.165) is 16.6 Å². The topological polar surface area (TPSA) is 74.7 Å². The van der Waals surface area contributed by atoms with Crippen molar-refractivity contribution in [3.05, 3.63) is 55.6 Å². The van der Waals surface area contributed by atoms with E-state index < -0.39 is 0 Å². The number of fused-ring (bicyclic) bond motifs is 2. The number of hydrogen-bond donors (Lipinski definition) is 3. The molecular weight excluding hydrogens is 282 g/mol. The fourth-order valence-electron chi connectivity index (χ4n) is 3.07. The summed E-state index contributed by atoms with van der Waals surface area (Å²) in [7, 11) is 0. The average molecular weight is 299 g/mol. The lowest BCUT2D eigenvalue weighted by molar-refractivity contribution is 0.696. The second kappa shape index (κ2) is 4.86. The fraction of sp³-hybridized carbons (Fsp3) is 0.312. The number of nitrogens with one attached hydrogen (secondary N) is 2. The highest BCUT2D eigenvalue weighted by Gasteiger charge is 2.18. The number of aromatic amines is 2. The molecule has 0 bridgehead atoms. The van der Waals surface area contributed by atoms with Crippen molar-refractivity contribution in [2.75, 3.05) is 0 Å². The SMILES string of the molecule is NC(c1ccc2[nH]c(=O)[nH]c2c1)c1cc2c(s1)CCCC2. The van der Waals surface area contributed by atoms with Gasteiger partial charge in [-0.25, -0.2) is 4.79 Å². The Morgan fingerprint density at radius 3 is 2.76 bits per heavy atom. The molecule has 1 aromatic carbocycles. The molecule has 1 unspecified atom stereocenters. The quantitative estimate of drug-likeness (QED) is 0.680. The van der Waals surface area contributed by atoms with Gasteiger partial charge in [0.15, 0.2) is 0 Å². The van der Waals surface area contributed by atoms with Crippen LogP contribution in [0.5, 0.6) is 0 Å². The summed E-state index contributed by atoms with van der Waals surface area (Å²) in [5.41, 5.74) is 10.4. The third kappa shape index (κ3) is 2.22. The Balaban J connectivity index is 1.73. The zero-order valence-electron chi connectivity index (χ0n) is 11.6. The van der Waals surface area contributed by atoms with Gasteiger partial charge in [-0.05, 0) is 55.0 Å². The van der Waals surface area contributed by atoms with E-state index in [-0.39, 0.29) is 11.7 Å². The van der Waals surface area contributed by atoms with Crippen LogP contribution in [0.15, 0.2) is 29.1 Å². The maximum absolute atomic E-state index is 11.3. The molecule has 5 heteroatoms. The van der Waals surface area contributed by atoms with E-state index in [1.807, 2.05) is 29.5 Å². The van der Waals surface area contributed by atoms with Crippen LogP contribution in [0, 0.1) is 0 Å². The molecule has 4 nitrogen and oxygen atoms in total. The van der Waals surface area contributed by atoms with Crippen LogP contribution >= 0.6 is 11.3 Å². The minimum Gasteiger partial charge on any atom is -0.320 e. The van der Waals surface area contributed by atoms with Crippen LogP contribution in [0.3, 0.4) is 0 Å². The van der Waals surface area contributed by atoms with E-state index in [0.29, 0.717) is 0 Å². The van der Waals surface area contributed by atoms with E-state index in [9.17, 15) is 4.79 Å². The summed E-state index contributed by atoms with van der Waals surface area (Å²) in [6, 6.07) is 8.03. The summed E-state index contributed by atoms with van der Waals surface area (Å²) in [5, 5.41) is 0. The summed E-state index contributed by atoms with van der Waals surface area (Å²) >= 11 is 1.84. The Bertz CT molecular complexity index is 834. The van der Waals surface area contributed by atoms with Crippen molar-refractivity contribution >= 4 is 22.4 Å². The molecule has 108 valence electrons. The summed E-state index contributed by atoms with van der Waals surface area (Å²) in [5.74, 6) is 0. The number of hydrogen-bond acceptors (Lipinski definition) is 3. The number of nitrogens with two attached hydrogens (primary N) is 1. The molecular formula is C16H17N3OS. The molecule has 21 heavy (non-hydrogen) atoms. The molecule has 2 aromatic heterocycles. The summed E-state index contributed by atoms with van der Waals surface area (Å²) in [6.07, 6.45) is 4.95. The van der Waals surface area contributed by atoms with E-state index >= 15 is 0 Å². The first-order chi connectivity index (χ1) is 10.2.